The average Bonchev–Trinajstić information content (AvgIpc) is 3.23. The first-order chi connectivity index (χ1) is 18.3. The molecule has 0 N–H and O–H groups in total. The van der Waals surface area contributed by atoms with Gasteiger partial charge in [-0.05, 0) is 17.7 Å². The molecule has 3 aromatic heterocycles. The minimum Gasteiger partial charge on any atom is -0.267 e. The van der Waals surface area contributed by atoms with Crippen molar-refractivity contribution in [2.45, 2.75) is 6.18 Å². The summed E-state index contributed by atoms with van der Waals surface area (Å²) in [4.78, 5) is 40.3. The molecule has 6 aromatic rings. The number of halogens is 3. The number of fused-ring (bicyclic) bond motifs is 2. The van der Waals surface area contributed by atoms with Crippen LogP contribution in [0.25, 0.3) is 44.7 Å². The van der Waals surface area contributed by atoms with Crippen LogP contribution in [-0.4, -0.2) is 19.4 Å². The third-order valence-corrected chi connectivity index (χ3v) is 6.91. The zero-order chi connectivity index (χ0) is 26.4. The van der Waals surface area contributed by atoms with Crippen molar-refractivity contribution in [2.75, 3.05) is 0 Å². The number of hydrogen-bond donors (Lipinski definition) is 0. The maximum absolute atomic E-state index is 13.5. The van der Waals surface area contributed by atoms with E-state index in [2.05, 4.69) is 15.0 Å². The van der Waals surface area contributed by atoms with Gasteiger partial charge in [-0.1, -0.05) is 90.2 Å². The van der Waals surface area contributed by atoms with Crippen molar-refractivity contribution in [1.82, 2.24) is 19.4 Å². The fourth-order valence-electron chi connectivity index (χ4n) is 4.19. The van der Waals surface area contributed by atoms with Crippen LogP contribution in [0.1, 0.15) is 11.1 Å². The summed E-state index contributed by atoms with van der Waals surface area (Å²) >= 11 is 0.818. The minimum absolute atomic E-state index is 0.0176. The zero-order valence-electron chi connectivity index (χ0n) is 19.3. The lowest BCUT2D eigenvalue weighted by Crippen LogP contribution is -2.31. The van der Waals surface area contributed by atoms with Gasteiger partial charge in [-0.3, -0.25) is 9.59 Å². The Kier molecular flexibility index (Phi) is 5.61. The fraction of sp³-hybridized carbons (Fsp3) is 0.0357. The molecule has 0 unspecified atom stereocenters. The van der Waals surface area contributed by atoms with Gasteiger partial charge >= 0.3 is 6.18 Å². The molecule has 0 amide bonds. The van der Waals surface area contributed by atoms with Crippen molar-refractivity contribution >= 4 is 33.5 Å². The van der Waals surface area contributed by atoms with Crippen molar-refractivity contribution in [1.29, 1.82) is 0 Å². The number of hydrogen-bond acceptors (Lipinski definition) is 6. The van der Waals surface area contributed by atoms with E-state index in [0.29, 0.717) is 11.4 Å². The highest BCUT2D eigenvalue weighted by Crippen LogP contribution is 2.32. The first kappa shape index (κ1) is 23.7. The van der Waals surface area contributed by atoms with Gasteiger partial charge in [0, 0.05) is 11.1 Å². The van der Waals surface area contributed by atoms with E-state index in [9.17, 15) is 22.8 Å². The molecule has 3 heterocycles. The van der Waals surface area contributed by atoms with Crippen LogP contribution in [0, 0.1) is 0 Å². The highest BCUT2D eigenvalue weighted by molar-refractivity contribution is 7.15. The number of rotatable bonds is 3. The van der Waals surface area contributed by atoms with Crippen LogP contribution < -0.4 is 15.7 Å². The standard InChI is InChI=1S/C28H15F3N4O2S/c29-28(30,31)19-14-8-7-13-18(19)15-20-25(36)35-26(37)23-24(34-27(35)38-20)33-22(17-11-5-2-6-12-17)21(32-23)16-9-3-1-4-10-16/h1-15H/b20-15-. The molecule has 0 saturated carbocycles. The third kappa shape index (κ3) is 4.04. The normalized spacial score (nSPS) is 12.4. The summed E-state index contributed by atoms with van der Waals surface area (Å²) in [5, 5.41) is 0. The second-order valence-electron chi connectivity index (χ2n) is 8.36. The van der Waals surface area contributed by atoms with E-state index in [1.807, 2.05) is 60.7 Å². The molecule has 6 rings (SSSR count). The van der Waals surface area contributed by atoms with Crippen LogP contribution in [0.4, 0.5) is 13.2 Å². The summed E-state index contributed by atoms with van der Waals surface area (Å²) in [6.07, 6.45) is -3.48. The molecule has 0 spiro atoms. The highest BCUT2D eigenvalue weighted by Gasteiger charge is 2.32. The Labute approximate surface area is 216 Å². The van der Waals surface area contributed by atoms with Gasteiger partial charge in [0.05, 0.1) is 21.5 Å². The van der Waals surface area contributed by atoms with Crippen LogP contribution in [0.3, 0.4) is 0 Å². The molecule has 0 aliphatic heterocycles. The maximum Gasteiger partial charge on any atom is 0.416 e. The monoisotopic (exact) mass is 528 g/mol. The molecule has 3 aromatic carbocycles. The molecule has 186 valence electrons. The van der Waals surface area contributed by atoms with Gasteiger partial charge in [-0.25, -0.2) is 14.4 Å². The Balaban J connectivity index is 1.65. The van der Waals surface area contributed by atoms with Gasteiger partial charge in [0.1, 0.15) is 0 Å². The number of nitrogens with zero attached hydrogens (tertiary/aromatic N) is 4. The largest absolute Gasteiger partial charge is 0.416 e. The molecule has 0 bridgehead atoms. The summed E-state index contributed by atoms with van der Waals surface area (Å²) in [6.45, 7) is 0. The van der Waals surface area contributed by atoms with E-state index in [1.54, 1.807) is 0 Å². The second kappa shape index (κ2) is 9.00. The highest BCUT2D eigenvalue weighted by atomic mass is 32.1. The van der Waals surface area contributed by atoms with Crippen molar-refractivity contribution in [3.05, 3.63) is 121 Å². The number of thiazole rings is 1. The smallest absolute Gasteiger partial charge is 0.267 e. The molecule has 0 atom stereocenters. The average molecular weight is 529 g/mol. The second-order valence-corrected chi connectivity index (χ2v) is 9.37. The van der Waals surface area contributed by atoms with Gasteiger partial charge in [0.2, 0.25) is 4.96 Å². The predicted molar refractivity (Wildman–Crippen MR) is 140 cm³/mol. The van der Waals surface area contributed by atoms with E-state index < -0.39 is 22.9 Å². The lowest BCUT2D eigenvalue weighted by molar-refractivity contribution is -0.137. The van der Waals surface area contributed by atoms with E-state index in [0.717, 1.165) is 39.0 Å². The Bertz CT molecular complexity index is 2000. The molecule has 10 heteroatoms. The van der Waals surface area contributed by atoms with Crippen molar-refractivity contribution < 1.29 is 13.2 Å². The lowest BCUT2D eigenvalue weighted by Gasteiger charge is -2.10. The lowest BCUT2D eigenvalue weighted by atomic mass is 10.0. The van der Waals surface area contributed by atoms with Crippen LogP contribution in [0.2, 0.25) is 0 Å². The first-order valence-corrected chi connectivity index (χ1v) is 12.2. The van der Waals surface area contributed by atoms with Crippen molar-refractivity contribution in [3.63, 3.8) is 0 Å². The predicted octanol–water partition coefficient (Wildman–Crippen LogP) is 4.96. The molecule has 38 heavy (non-hydrogen) atoms. The van der Waals surface area contributed by atoms with Gasteiger partial charge in [0.15, 0.2) is 11.2 Å². The maximum atomic E-state index is 13.5. The van der Waals surface area contributed by atoms with Gasteiger partial charge in [-0.15, -0.1) is 0 Å². The van der Waals surface area contributed by atoms with E-state index in [4.69, 9.17) is 0 Å². The molecule has 0 fully saturated rings. The zero-order valence-corrected chi connectivity index (χ0v) is 20.1. The number of alkyl halides is 3. The third-order valence-electron chi connectivity index (χ3n) is 5.94. The van der Waals surface area contributed by atoms with Crippen LogP contribution in [0.15, 0.2) is 94.5 Å². The SMILES string of the molecule is O=c1/c(=C/c2ccccc2C(F)(F)F)sc2nc3nc(-c4ccccc4)c(-c4ccccc4)nc3c(=O)n12. The quantitative estimate of drug-likeness (QED) is 0.325. The van der Waals surface area contributed by atoms with Gasteiger partial charge in [0.25, 0.3) is 11.1 Å². The summed E-state index contributed by atoms with van der Waals surface area (Å²) < 4.78 is 41.2. The Morgan fingerprint density at radius 1 is 0.711 bits per heavy atom. The van der Waals surface area contributed by atoms with E-state index in [-0.39, 0.29) is 26.2 Å². The molecule has 0 aliphatic carbocycles. The molecule has 0 radical (unpaired) electrons. The van der Waals surface area contributed by atoms with Crippen molar-refractivity contribution in [2.24, 2.45) is 0 Å². The van der Waals surface area contributed by atoms with Gasteiger partial charge < -0.3 is 0 Å². The van der Waals surface area contributed by atoms with E-state index in [1.165, 1.54) is 18.2 Å². The Hall–Kier alpha value is -4.70. The topological polar surface area (TPSA) is 77.2 Å². The number of benzene rings is 3. The molecular formula is C28H15F3N4O2S. The summed E-state index contributed by atoms with van der Waals surface area (Å²) in [6, 6.07) is 23.4. The van der Waals surface area contributed by atoms with Crippen molar-refractivity contribution in [3.8, 4) is 22.5 Å². The number of aromatic nitrogens is 4. The molecule has 0 saturated heterocycles. The van der Waals surface area contributed by atoms with Crippen LogP contribution in [0.5, 0.6) is 0 Å². The Morgan fingerprint density at radius 3 is 1.92 bits per heavy atom. The summed E-state index contributed by atoms with van der Waals surface area (Å²) in [5.41, 5.74) is -0.221. The fourth-order valence-corrected chi connectivity index (χ4v) is 5.14. The summed E-state index contributed by atoms with van der Waals surface area (Å²) in [5.74, 6) is 0. The van der Waals surface area contributed by atoms with Gasteiger partial charge in [-0.2, -0.15) is 18.2 Å². The first-order valence-electron chi connectivity index (χ1n) is 11.4. The molecule has 6 nitrogen and oxygen atoms in total. The van der Waals surface area contributed by atoms with E-state index >= 15 is 0 Å². The van der Waals surface area contributed by atoms with Crippen LogP contribution in [-0.2, 0) is 6.18 Å². The minimum atomic E-state index is -4.61. The molecule has 0 aliphatic rings. The molecular weight excluding hydrogens is 513 g/mol. The Morgan fingerprint density at radius 2 is 1.29 bits per heavy atom. The summed E-state index contributed by atoms with van der Waals surface area (Å²) in [7, 11) is 0. The van der Waals surface area contributed by atoms with Crippen LogP contribution >= 0.6 is 11.3 Å².